The van der Waals surface area contributed by atoms with E-state index in [1.165, 1.54) is 24.0 Å². The summed E-state index contributed by atoms with van der Waals surface area (Å²) in [5.41, 5.74) is 4.71. The van der Waals surface area contributed by atoms with E-state index in [1.54, 1.807) is 0 Å². The van der Waals surface area contributed by atoms with Gasteiger partial charge in [0.05, 0.1) is 0 Å². The first kappa shape index (κ1) is 29.7. The van der Waals surface area contributed by atoms with E-state index in [-0.39, 0.29) is 0 Å². The summed E-state index contributed by atoms with van der Waals surface area (Å²) >= 11 is 0. The molecule has 6 nitrogen and oxygen atoms in total. The van der Waals surface area contributed by atoms with E-state index in [2.05, 4.69) is 83.6 Å². The fraction of sp³-hybridized carbons (Fsp3) is 0.387. The van der Waals surface area contributed by atoms with Crippen molar-refractivity contribution in [1.29, 1.82) is 0 Å². The molecule has 0 bridgehead atoms. The lowest BCUT2D eigenvalue weighted by molar-refractivity contribution is -0.134. The molecule has 198 valence electrons. The Morgan fingerprint density at radius 2 is 1.95 bits per heavy atom. The van der Waals surface area contributed by atoms with Crippen molar-refractivity contribution in [2.24, 2.45) is 5.92 Å². The molecule has 1 aromatic carbocycles. The number of rotatable bonds is 7. The third kappa shape index (κ3) is 9.81. The van der Waals surface area contributed by atoms with E-state index in [1.807, 2.05) is 26.0 Å². The highest BCUT2D eigenvalue weighted by Crippen LogP contribution is 2.29. The lowest BCUT2D eigenvalue weighted by atomic mass is 9.95. The van der Waals surface area contributed by atoms with Crippen molar-refractivity contribution in [2.45, 2.75) is 65.8 Å². The Labute approximate surface area is 221 Å². The van der Waals surface area contributed by atoms with E-state index < -0.39 is 5.97 Å². The largest absolute Gasteiger partial charge is 0.481 e. The minimum atomic E-state index is -0.833. The average molecular weight is 504 g/mol. The second-order valence-corrected chi connectivity index (χ2v) is 8.76. The molecule has 2 heterocycles. The number of aromatic nitrogens is 2. The third-order valence-electron chi connectivity index (χ3n) is 6.09. The van der Waals surface area contributed by atoms with Crippen molar-refractivity contribution >= 4 is 11.5 Å². The van der Waals surface area contributed by atoms with Crippen LogP contribution in [0.3, 0.4) is 0 Å². The Morgan fingerprint density at radius 1 is 1.22 bits per heavy atom. The summed E-state index contributed by atoms with van der Waals surface area (Å²) in [6.07, 6.45) is 20.2. The van der Waals surface area contributed by atoms with Gasteiger partial charge in [-0.05, 0) is 57.1 Å². The Hall–Kier alpha value is -3.51. The molecule has 2 N–H and O–H groups in total. The van der Waals surface area contributed by atoms with Gasteiger partial charge in [-0.25, -0.2) is 0 Å². The average Bonchev–Trinajstić information content (AvgIpc) is 3.56. The summed E-state index contributed by atoms with van der Waals surface area (Å²) in [4.78, 5) is 13.7. The van der Waals surface area contributed by atoms with Crippen LogP contribution >= 0.6 is 0 Å². The maximum absolute atomic E-state index is 9.00. The van der Waals surface area contributed by atoms with Crippen LogP contribution in [0.25, 0.3) is 17.0 Å². The van der Waals surface area contributed by atoms with Crippen LogP contribution in [0.15, 0.2) is 83.5 Å². The first-order valence-electron chi connectivity index (χ1n) is 13.2. The van der Waals surface area contributed by atoms with E-state index in [9.17, 15) is 0 Å². The van der Waals surface area contributed by atoms with Gasteiger partial charge >= 0.3 is 0 Å². The molecule has 2 atom stereocenters. The van der Waals surface area contributed by atoms with Crippen molar-refractivity contribution in [3.63, 3.8) is 0 Å². The minimum absolute atomic E-state index is 0.435. The molecule has 0 radical (unpaired) electrons. The number of hydrogen-bond donors (Lipinski definition) is 2. The molecule has 1 aromatic heterocycles. The summed E-state index contributed by atoms with van der Waals surface area (Å²) in [5.74, 6) is 0.829. The highest BCUT2D eigenvalue weighted by molar-refractivity contribution is 5.70. The molecule has 2 aliphatic rings. The van der Waals surface area contributed by atoms with Gasteiger partial charge in [0.2, 0.25) is 5.82 Å². The molecular weight excluding hydrogens is 462 g/mol. The lowest BCUT2D eigenvalue weighted by Gasteiger charge is -2.11. The van der Waals surface area contributed by atoms with Gasteiger partial charge in [-0.1, -0.05) is 98.0 Å². The fourth-order valence-electron chi connectivity index (χ4n) is 4.21. The second kappa shape index (κ2) is 16.3. The predicted octanol–water partition coefficient (Wildman–Crippen LogP) is 7.71. The van der Waals surface area contributed by atoms with Crippen molar-refractivity contribution in [2.75, 3.05) is 6.54 Å². The van der Waals surface area contributed by atoms with Gasteiger partial charge < -0.3 is 14.9 Å². The second-order valence-electron chi connectivity index (χ2n) is 8.76. The molecule has 1 saturated heterocycles. The Morgan fingerprint density at radius 3 is 2.59 bits per heavy atom. The maximum Gasteiger partial charge on any atom is 0.300 e. The molecule has 0 spiro atoms. The normalized spacial score (nSPS) is 19.2. The first-order valence-corrected chi connectivity index (χ1v) is 13.2. The molecule has 2 unspecified atom stereocenters. The van der Waals surface area contributed by atoms with E-state index in [0.29, 0.717) is 23.7 Å². The standard InChI is InChI=1S/C27H31N3O.C2H4O2.C2H6/c1-3-4-5-6-9-20(2)21-10-7-11-24(18-13-21)27-29-26(30-31-27)23-16-14-22(15-17-23)25-12-8-19-28-25;1-2(3)4;1-2/h3-5,9,11,13-18,21,25,28H,1,6-8,10,12,19H2,2H3;1H3,(H,3,4);1-2H3/b5-4?,20-9+;;. The van der Waals surface area contributed by atoms with Gasteiger partial charge in [-0.15, -0.1) is 0 Å². The van der Waals surface area contributed by atoms with Crippen LogP contribution in [-0.4, -0.2) is 27.8 Å². The number of carboxylic acids is 1. The van der Waals surface area contributed by atoms with Crippen LogP contribution in [-0.2, 0) is 4.79 Å². The summed E-state index contributed by atoms with van der Waals surface area (Å²) < 4.78 is 5.61. The number of aliphatic carboxylic acids is 1. The number of carbonyl (C=O) groups is 1. The monoisotopic (exact) mass is 503 g/mol. The molecule has 2 aromatic rings. The molecule has 1 fully saturated rings. The van der Waals surface area contributed by atoms with Crippen molar-refractivity contribution in [1.82, 2.24) is 15.5 Å². The SMILES string of the molecule is C=CC=CC/C=C(\C)C1C=CC(c2nc(-c3ccc(C4CCCN4)cc3)no2)=CCC1.CC.CC(=O)O. The van der Waals surface area contributed by atoms with E-state index >= 15 is 0 Å². The molecule has 0 amide bonds. The minimum Gasteiger partial charge on any atom is -0.481 e. The highest BCUT2D eigenvalue weighted by atomic mass is 16.5. The molecule has 6 heteroatoms. The van der Waals surface area contributed by atoms with Crippen molar-refractivity contribution in [3.05, 3.63) is 90.4 Å². The number of carboxylic acid groups (broad SMARTS) is 1. The molecule has 1 aliphatic carbocycles. The van der Waals surface area contributed by atoms with Gasteiger partial charge in [0, 0.05) is 24.1 Å². The van der Waals surface area contributed by atoms with Gasteiger partial charge in [-0.2, -0.15) is 4.98 Å². The van der Waals surface area contributed by atoms with Gasteiger partial charge in [0.25, 0.3) is 11.9 Å². The number of allylic oxidation sites excluding steroid dienone is 9. The van der Waals surface area contributed by atoms with Crippen LogP contribution < -0.4 is 5.32 Å². The van der Waals surface area contributed by atoms with Gasteiger partial charge in [0.1, 0.15) is 0 Å². The van der Waals surface area contributed by atoms with Crippen molar-refractivity contribution in [3.8, 4) is 11.4 Å². The summed E-state index contributed by atoms with van der Waals surface area (Å²) in [5, 5.41) is 15.2. The first-order chi connectivity index (χ1) is 18.0. The lowest BCUT2D eigenvalue weighted by Crippen LogP contribution is -2.12. The number of hydrogen-bond acceptors (Lipinski definition) is 5. The topological polar surface area (TPSA) is 88.3 Å². The van der Waals surface area contributed by atoms with Crippen LogP contribution in [0.4, 0.5) is 0 Å². The predicted molar refractivity (Wildman–Crippen MR) is 152 cm³/mol. The van der Waals surface area contributed by atoms with Crippen LogP contribution in [0, 0.1) is 5.92 Å². The summed E-state index contributed by atoms with van der Waals surface area (Å²) in [7, 11) is 0. The van der Waals surface area contributed by atoms with E-state index in [0.717, 1.165) is 43.9 Å². The summed E-state index contributed by atoms with van der Waals surface area (Å²) in [6.45, 7) is 12.1. The zero-order valence-electron chi connectivity index (χ0n) is 22.6. The maximum atomic E-state index is 9.00. The molecule has 0 saturated carbocycles. The van der Waals surface area contributed by atoms with Crippen LogP contribution in [0.5, 0.6) is 0 Å². The zero-order valence-corrected chi connectivity index (χ0v) is 22.6. The quantitative estimate of drug-likeness (QED) is 0.297. The van der Waals surface area contributed by atoms with Crippen molar-refractivity contribution < 1.29 is 14.4 Å². The molecule has 4 rings (SSSR count). The van der Waals surface area contributed by atoms with E-state index in [4.69, 9.17) is 14.4 Å². The highest BCUT2D eigenvalue weighted by Gasteiger charge is 2.18. The van der Waals surface area contributed by atoms with Gasteiger partial charge in [0.15, 0.2) is 0 Å². The van der Waals surface area contributed by atoms with Crippen LogP contribution in [0.1, 0.15) is 77.3 Å². The third-order valence-corrected chi connectivity index (χ3v) is 6.09. The Balaban J connectivity index is 0.000000733. The summed E-state index contributed by atoms with van der Waals surface area (Å²) in [6, 6.07) is 8.99. The number of nitrogens with one attached hydrogen (secondary N) is 1. The van der Waals surface area contributed by atoms with Gasteiger partial charge in [-0.3, -0.25) is 4.79 Å². The molecule has 37 heavy (non-hydrogen) atoms. The Bertz CT molecular complexity index is 1100. The smallest absolute Gasteiger partial charge is 0.300 e. The number of benzene rings is 1. The van der Waals surface area contributed by atoms with Crippen LogP contribution in [0.2, 0.25) is 0 Å². The fourth-order valence-corrected chi connectivity index (χ4v) is 4.21. The molecule has 1 aliphatic heterocycles. The number of nitrogens with zero attached hydrogens (tertiary/aromatic N) is 2. The zero-order chi connectivity index (χ0) is 27.0. The molecular formula is C31H41N3O3. The Kier molecular flexibility index (Phi) is 13.1.